The molecule has 1 aromatic heterocycles. The molecule has 0 aliphatic carbocycles. The second-order valence-corrected chi connectivity index (χ2v) is 2.14. The lowest BCUT2D eigenvalue weighted by Crippen LogP contribution is -2.25. The minimum absolute atomic E-state index is 1.00. The molecule has 0 saturated heterocycles. The molecule has 1 N–H and O–H groups in total. The van der Waals surface area contributed by atoms with Crippen LogP contribution in [0.15, 0.2) is 18.3 Å². The Hall–Kier alpha value is -0.760. The number of nitrogens with one attached hydrogen (secondary N) is 1. The molecule has 2 nitrogen and oxygen atoms in total. The summed E-state index contributed by atoms with van der Waals surface area (Å²) in [6.07, 6.45) is 2.07. The van der Waals surface area contributed by atoms with E-state index in [9.17, 15) is 0 Å². The van der Waals surface area contributed by atoms with Crippen molar-refractivity contribution >= 4 is 0 Å². The smallest absolute Gasteiger partial charge is 0.112 e. The zero-order valence-corrected chi connectivity index (χ0v) is 5.09. The molecule has 0 bridgehead atoms. The van der Waals surface area contributed by atoms with Crippen LogP contribution in [-0.4, -0.2) is 11.1 Å². The molecule has 1 aliphatic heterocycles. The molecule has 0 amide bonds. The summed E-state index contributed by atoms with van der Waals surface area (Å²) in [5.41, 5.74) is 1.15. The molecule has 2 rings (SSSR count). The second-order valence-electron chi connectivity index (χ2n) is 2.14. The van der Waals surface area contributed by atoms with Crippen LogP contribution in [0.2, 0.25) is 0 Å². The molecule has 2 heteroatoms. The third kappa shape index (κ3) is 0.754. The van der Waals surface area contributed by atoms with Crippen molar-refractivity contribution < 1.29 is 0 Å². The van der Waals surface area contributed by atoms with Crippen LogP contribution in [0.1, 0.15) is 5.69 Å². The van der Waals surface area contributed by atoms with Crippen molar-refractivity contribution in [2.24, 2.45) is 0 Å². The third-order valence-corrected chi connectivity index (χ3v) is 1.52. The lowest BCUT2D eigenvalue weighted by Gasteiger charge is -2.14. The van der Waals surface area contributed by atoms with Crippen molar-refractivity contribution in [1.82, 2.24) is 9.88 Å². The predicted molar refractivity (Wildman–Crippen MR) is 34.8 cm³/mol. The molecular formula is C7H8N2. The van der Waals surface area contributed by atoms with Crippen LogP contribution < -0.4 is 5.32 Å². The maximum absolute atomic E-state index is 3.06. The van der Waals surface area contributed by atoms with E-state index in [1.54, 1.807) is 0 Å². The first-order valence-electron chi connectivity index (χ1n) is 3.11. The number of fused-ring (bicyclic) bond motifs is 1. The molecule has 1 aromatic rings. The van der Waals surface area contributed by atoms with Gasteiger partial charge in [0.25, 0.3) is 0 Å². The second kappa shape index (κ2) is 1.88. The summed E-state index contributed by atoms with van der Waals surface area (Å²) in [5, 5.41) is 3.06. The molecule has 46 valence electrons. The van der Waals surface area contributed by atoms with E-state index >= 15 is 0 Å². The predicted octanol–water partition coefficient (Wildman–Crippen LogP) is 0.478. The topological polar surface area (TPSA) is 17.0 Å². The van der Waals surface area contributed by atoms with E-state index in [0.717, 1.165) is 18.8 Å². The van der Waals surface area contributed by atoms with E-state index in [1.165, 1.54) is 0 Å². The number of aromatic nitrogens is 1. The Labute approximate surface area is 54.5 Å². The van der Waals surface area contributed by atoms with E-state index in [2.05, 4.69) is 22.6 Å². The summed E-state index contributed by atoms with van der Waals surface area (Å²) in [6, 6.07) is 4.08. The fourth-order valence-electron chi connectivity index (χ4n) is 1.05. The van der Waals surface area contributed by atoms with Gasteiger partial charge in [0, 0.05) is 25.0 Å². The first-order chi connectivity index (χ1) is 4.47. The Kier molecular flexibility index (Phi) is 1.06. The van der Waals surface area contributed by atoms with Gasteiger partial charge in [-0.05, 0) is 12.1 Å². The Morgan fingerprint density at radius 1 is 1.67 bits per heavy atom. The monoisotopic (exact) mass is 120 g/mol. The zero-order valence-electron chi connectivity index (χ0n) is 5.09. The van der Waals surface area contributed by atoms with Crippen molar-refractivity contribution in [3.8, 4) is 0 Å². The van der Waals surface area contributed by atoms with E-state index in [4.69, 9.17) is 0 Å². The van der Waals surface area contributed by atoms with E-state index in [1.807, 2.05) is 12.1 Å². The maximum Gasteiger partial charge on any atom is 0.112 e. The molecule has 2 radical (unpaired) electrons. The third-order valence-electron chi connectivity index (χ3n) is 1.52. The van der Waals surface area contributed by atoms with Crippen LogP contribution in [0, 0.1) is 6.54 Å². The minimum Gasteiger partial charge on any atom is -0.348 e. The van der Waals surface area contributed by atoms with Gasteiger partial charge in [-0.1, -0.05) is 0 Å². The van der Waals surface area contributed by atoms with Gasteiger partial charge in [0.1, 0.15) is 6.54 Å². The van der Waals surface area contributed by atoms with Crippen molar-refractivity contribution in [3.63, 3.8) is 0 Å². The standard InChI is InChI=1S/C7H8N2/c1-2-7-6-8-3-5-9(7)4-1/h1-2,4,8H,3,5H2. The van der Waals surface area contributed by atoms with Gasteiger partial charge in [-0.25, -0.2) is 0 Å². The zero-order chi connectivity index (χ0) is 6.10. The summed E-state index contributed by atoms with van der Waals surface area (Å²) in [7, 11) is 0. The summed E-state index contributed by atoms with van der Waals surface area (Å²) >= 11 is 0. The van der Waals surface area contributed by atoms with Crippen LogP contribution in [0.5, 0.6) is 0 Å². The van der Waals surface area contributed by atoms with Crippen LogP contribution in [0.4, 0.5) is 0 Å². The summed E-state index contributed by atoms with van der Waals surface area (Å²) in [4.78, 5) is 0. The van der Waals surface area contributed by atoms with Gasteiger partial charge in [0.15, 0.2) is 0 Å². The average molecular weight is 120 g/mol. The maximum atomic E-state index is 3.06. The van der Waals surface area contributed by atoms with Crippen LogP contribution in [-0.2, 0) is 6.54 Å². The van der Waals surface area contributed by atoms with Gasteiger partial charge in [0.05, 0.1) is 0 Å². The van der Waals surface area contributed by atoms with Gasteiger partial charge in [-0.2, -0.15) is 0 Å². The number of rotatable bonds is 0. The average Bonchev–Trinajstić information content (AvgIpc) is 2.33. The van der Waals surface area contributed by atoms with Gasteiger partial charge >= 0.3 is 0 Å². The molecule has 0 fully saturated rings. The minimum atomic E-state index is 1.00. The van der Waals surface area contributed by atoms with Crippen molar-refractivity contribution in [1.29, 1.82) is 0 Å². The van der Waals surface area contributed by atoms with E-state index < -0.39 is 0 Å². The van der Waals surface area contributed by atoms with Gasteiger partial charge in [0.2, 0.25) is 0 Å². The lowest BCUT2D eigenvalue weighted by molar-refractivity contribution is 0.588. The van der Waals surface area contributed by atoms with Crippen molar-refractivity contribution in [2.45, 2.75) is 6.54 Å². The SMILES string of the molecule is [C]1NCCn2cccc21. The van der Waals surface area contributed by atoms with Crippen molar-refractivity contribution in [2.75, 3.05) is 6.54 Å². The summed E-state index contributed by atoms with van der Waals surface area (Å²) in [6.45, 7) is 5.12. The molecule has 0 spiro atoms. The Bertz CT molecular complexity index is 182. The Morgan fingerprint density at radius 3 is 3.56 bits per heavy atom. The van der Waals surface area contributed by atoms with Crippen molar-refractivity contribution in [3.05, 3.63) is 30.6 Å². The number of hydrogen-bond donors (Lipinski definition) is 1. The molecular weight excluding hydrogens is 112 g/mol. The molecule has 0 atom stereocenters. The first kappa shape index (κ1) is 5.06. The highest BCUT2D eigenvalue weighted by molar-refractivity contribution is 5.16. The number of nitrogens with zero attached hydrogens (tertiary/aromatic N) is 1. The Morgan fingerprint density at radius 2 is 2.67 bits per heavy atom. The first-order valence-corrected chi connectivity index (χ1v) is 3.11. The van der Waals surface area contributed by atoms with Gasteiger partial charge < -0.3 is 9.88 Å². The summed E-state index contributed by atoms with van der Waals surface area (Å²) < 4.78 is 2.18. The van der Waals surface area contributed by atoms with E-state index in [-0.39, 0.29) is 0 Å². The molecule has 0 aromatic carbocycles. The van der Waals surface area contributed by atoms with Crippen LogP contribution in [0.3, 0.4) is 0 Å². The molecule has 0 unspecified atom stereocenters. The largest absolute Gasteiger partial charge is 0.348 e. The quantitative estimate of drug-likeness (QED) is 0.527. The highest BCUT2D eigenvalue weighted by Gasteiger charge is 2.05. The normalized spacial score (nSPS) is 17.3. The van der Waals surface area contributed by atoms with Crippen LogP contribution >= 0.6 is 0 Å². The lowest BCUT2D eigenvalue weighted by atomic mass is 10.3. The van der Waals surface area contributed by atoms with Gasteiger partial charge in [-0.3, -0.25) is 0 Å². The molecule has 0 saturated carbocycles. The summed E-state index contributed by atoms with van der Waals surface area (Å²) in [5.74, 6) is 0. The van der Waals surface area contributed by atoms with E-state index in [0.29, 0.717) is 0 Å². The fraction of sp³-hybridized carbons (Fsp3) is 0.286. The molecule has 1 aliphatic rings. The highest BCUT2D eigenvalue weighted by Crippen LogP contribution is 2.05. The fourth-order valence-corrected chi connectivity index (χ4v) is 1.05. The molecule has 2 heterocycles. The Balaban J connectivity index is 2.39. The number of hydrogen-bond acceptors (Lipinski definition) is 1. The van der Waals surface area contributed by atoms with Crippen LogP contribution in [0.25, 0.3) is 0 Å². The molecule has 9 heavy (non-hydrogen) atoms. The van der Waals surface area contributed by atoms with Gasteiger partial charge in [-0.15, -0.1) is 0 Å². The highest BCUT2D eigenvalue weighted by atomic mass is 15.1.